The van der Waals surface area contributed by atoms with Gasteiger partial charge in [0.2, 0.25) is 0 Å². The van der Waals surface area contributed by atoms with Gasteiger partial charge in [-0.3, -0.25) is 4.79 Å². The summed E-state index contributed by atoms with van der Waals surface area (Å²) in [5.41, 5.74) is 1.15. The fourth-order valence-electron chi connectivity index (χ4n) is 3.91. The van der Waals surface area contributed by atoms with E-state index in [1.807, 2.05) is 13.0 Å². The third-order valence-electron chi connectivity index (χ3n) is 5.57. The minimum absolute atomic E-state index is 0.0138. The Morgan fingerprint density at radius 3 is 2.70 bits per heavy atom. The number of H-pyrrole nitrogens is 1. The molecular weight excluding hydrogens is 288 g/mol. The van der Waals surface area contributed by atoms with Crippen LogP contribution in [0.3, 0.4) is 0 Å². The summed E-state index contributed by atoms with van der Waals surface area (Å²) in [5, 5.41) is 0.883. The van der Waals surface area contributed by atoms with E-state index in [0.29, 0.717) is 10.6 Å². The number of carbonyl (C=O) groups excluding carboxylic acids is 1. The maximum absolute atomic E-state index is 12.7. The molecule has 0 spiro atoms. The van der Waals surface area contributed by atoms with Crippen LogP contribution in [0.25, 0.3) is 0 Å². The van der Waals surface area contributed by atoms with Gasteiger partial charge in [-0.2, -0.15) is 0 Å². The van der Waals surface area contributed by atoms with Crippen molar-refractivity contribution >= 4 is 29.8 Å². The fraction of sp³-hybridized carbons (Fsp3) is 0.667. The second kappa shape index (κ2) is 4.41. The average molecular weight is 308 g/mol. The summed E-state index contributed by atoms with van der Waals surface area (Å²) in [4.78, 5) is 20.1. The molecule has 3 nitrogen and oxygen atoms in total. The van der Waals surface area contributed by atoms with E-state index in [1.165, 1.54) is 0 Å². The van der Waals surface area contributed by atoms with Gasteiger partial charge in [0.25, 0.3) is 0 Å². The number of aryl methyl sites for hydroxylation is 1. The molecule has 20 heavy (non-hydrogen) atoms. The summed E-state index contributed by atoms with van der Waals surface area (Å²) in [5.74, 6) is 0.622. The van der Waals surface area contributed by atoms with Crippen LogP contribution < -0.4 is 0 Å². The predicted octanol–water partition coefficient (Wildman–Crippen LogP) is 3.93. The van der Waals surface area contributed by atoms with Crippen LogP contribution in [-0.2, 0) is 4.79 Å². The molecule has 0 unspecified atom stereocenters. The Hall–Kier alpha value is -0.680. The minimum atomic E-state index is 0.0138. The highest BCUT2D eigenvalue weighted by Gasteiger charge is 2.66. The first-order chi connectivity index (χ1) is 9.25. The molecule has 0 radical (unpaired) electrons. The van der Waals surface area contributed by atoms with Crippen molar-refractivity contribution in [2.24, 2.45) is 16.7 Å². The number of aromatic amines is 1. The van der Waals surface area contributed by atoms with E-state index in [4.69, 9.17) is 12.2 Å². The smallest absolute Gasteiger partial charge is 0.198 e. The normalized spacial score (nSPS) is 34.7. The zero-order chi connectivity index (χ0) is 14.7. The molecule has 3 rings (SSSR count). The zero-order valence-corrected chi connectivity index (χ0v) is 14.0. The summed E-state index contributed by atoms with van der Waals surface area (Å²) in [6, 6.07) is 1.98. The standard InChI is InChI=1S/C15H20N2OS2/c1-8-7-10(17-13(19)16-8)20-12-11(18)9-5-6-15(12,4)14(9,2)3/h7,9,12H,5-6H2,1-4H3,(H,16,17,19)/t9-,12-,15-/m0/s1. The Morgan fingerprint density at radius 2 is 2.15 bits per heavy atom. The van der Waals surface area contributed by atoms with Crippen molar-refractivity contribution in [3.05, 3.63) is 16.5 Å². The van der Waals surface area contributed by atoms with Gasteiger partial charge in [-0.15, -0.1) is 0 Å². The number of thioether (sulfide) groups is 1. The molecule has 1 heterocycles. The lowest BCUT2D eigenvalue weighted by molar-refractivity contribution is -0.122. The molecule has 0 aromatic carbocycles. The first-order valence-electron chi connectivity index (χ1n) is 7.04. The quantitative estimate of drug-likeness (QED) is 0.664. The lowest BCUT2D eigenvalue weighted by Crippen LogP contribution is -2.35. The molecule has 2 aliphatic carbocycles. The van der Waals surface area contributed by atoms with Gasteiger partial charge in [0.1, 0.15) is 10.8 Å². The molecule has 2 bridgehead atoms. The molecule has 2 aliphatic rings. The predicted molar refractivity (Wildman–Crippen MR) is 83.4 cm³/mol. The Kier molecular flexibility index (Phi) is 3.14. The highest BCUT2D eigenvalue weighted by molar-refractivity contribution is 8.00. The maximum atomic E-state index is 12.7. The van der Waals surface area contributed by atoms with E-state index in [1.54, 1.807) is 11.8 Å². The molecule has 1 aromatic heterocycles. The summed E-state index contributed by atoms with van der Waals surface area (Å²) in [7, 11) is 0. The Labute approximate surface area is 129 Å². The molecule has 0 saturated heterocycles. The van der Waals surface area contributed by atoms with Crippen molar-refractivity contribution in [2.75, 3.05) is 0 Å². The number of rotatable bonds is 2. The van der Waals surface area contributed by atoms with E-state index < -0.39 is 0 Å². The number of nitrogens with one attached hydrogen (secondary N) is 1. The average Bonchev–Trinajstić information content (AvgIpc) is 2.62. The van der Waals surface area contributed by atoms with Crippen LogP contribution in [0.5, 0.6) is 0 Å². The number of hydrogen-bond donors (Lipinski definition) is 1. The molecule has 1 N–H and O–H groups in total. The van der Waals surface area contributed by atoms with Crippen molar-refractivity contribution in [1.29, 1.82) is 0 Å². The fourth-order valence-corrected chi connectivity index (χ4v) is 5.82. The van der Waals surface area contributed by atoms with E-state index in [9.17, 15) is 4.79 Å². The van der Waals surface area contributed by atoms with E-state index >= 15 is 0 Å². The van der Waals surface area contributed by atoms with Crippen LogP contribution in [0.15, 0.2) is 11.1 Å². The Morgan fingerprint density at radius 1 is 1.45 bits per heavy atom. The van der Waals surface area contributed by atoms with E-state index in [0.717, 1.165) is 23.6 Å². The molecule has 108 valence electrons. The molecule has 0 aliphatic heterocycles. The molecule has 3 atom stereocenters. The first kappa shape index (κ1) is 14.3. The minimum Gasteiger partial charge on any atom is -0.335 e. The van der Waals surface area contributed by atoms with Gasteiger partial charge >= 0.3 is 0 Å². The second-order valence-corrected chi connectivity index (χ2v) is 8.35. The summed E-state index contributed by atoms with van der Waals surface area (Å²) in [6.45, 7) is 8.74. The van der Waals surface area contributed by atoms with Gasteiger partial charge in [-0.1, -0.05) is 32.5 Å². The number of aromatic nitrogens is 2. The van der Waals surface area contributed by atoms with Crippen LogP contribution in [-0.4, -0.2) is 21.0 Å². The van der Waals surface area contributed by atoms with Crippen molar-refractivity contribution in [3.63, 3.8) is 0 Å². The van der Waals surface area contributed by atoms with Crippen LogP contribution in [0.2, 0.25) is 0 Å². The highest BCUT2D eigenvalue weighted by Crippen LogP contribution is 2.67. The highest BCUT2D eigenvalue weighted by atomic mass is 32.2. The van der Waals surface area contributed by atoms with Gasteiger partial charge in [0.05, 0.1) is 5.25 Å². The number of hydrogen-bond acceptors (Lipinski definition) is 4. The third kappa shape index (κ3) is 1.82. The lowest BCUT2D eigenvalue weighted by atomic mass is 9.71. The summed E-state index contributed by atoms with van der Waals surface area (Å²) < 4.78 is 0.493. The van der Waals surface area contributed by atoms with Crippen molar-refractivity contribution in [2.45, 2.75) is 50.8 Å². The van der Waals surface area contributed by atoms with Gasteiger partial charge < -0.3 is 4.98 Å². The number of carbonyl (C=O) groups is 1. The van der Waals surface area contributed by atoms with Crippen molar-refractivity contribution in [3.8, 4) is 0 Å². The van der Waals surface area contributed by atoms with Crippen LogP contribution in [0.1, 0.15) is 39.3 Å². The third-order valence-corrected chi connectivity index (χ3v) is 7.20. The van der Waals surface area contributed by atoms with Crippen LogP contribution in [0.4, 0.5) is 0 Å². The lowest BCUT2D eigenvalue weighted by Gasteiger charge is -2.37. The van der Waals surface area contributed by atoms with Gasteiger partial charge in [0, 0.05) is 11.6 Å². The molecule has 1 aromatic rings. The number of Topliss-reactive ketones (excluding diaryl/α,β-unsaturated/α-hetero) is 1. The maximum Gasteiger partial charge on any atom is 0.198 e. The number of fused-ring (bicyclic) bond motifs is 2. The number of nitrogens with zero attached hydrogens (tertiary/aromatic N) is 1. The Balaban J connectivity index is 1.96. The van der Waals surface area contributed by atoms with Gasteiger partial charge in [-0.05, 0) is 48.9 Å². The molecule has 2 saturated carbocycles. The monoisotopic (exact) mass is 308 g/mol. The second-order valence-electron chi connectivity index (χ2n) is 6.84. The van der Waals surface area contributed by atoms with Crippen molar-refractivity contribution < 1.29 is 4.79 Å². The SMILES string of the molecule is Cc1cc(S[C@H]2C(=O)[C@@H]3CC[C@]2(C)C3(C)C)nc(=S)[nH]1. The molecule has 5 heteroatoms. The van der Waals surface area contributed by atoms with Crippen LogP contribution in [0, 0.1) is 28.4 Å². The number of ketones is 1. The van der Waals surface area contributed by atoms with E-state index in [2.05, 4.69) is 30.7 Å². The first-order valence-corrected chi connectivity index (χ1v) is 8.33. The van der Waals surface area contributed by atoms with Gasteiger partial charge in [0.15, 0.2) is 4.77 Å². The summed E-state index contributed by atoms with van der Waals surface area (Å²) >= 11 is 6.74. The molecule has 2 fully saturated rings. The molecule has 0 amide bonds. The Bertz CT molecular complexity index is 637. The van der Waals surface area contributed by atoms with Crippen molar-refractivity contribution in [1.82, 2.24) is 9.97 Å². The largest absolute Gasteiger partial charge is 0.335 e. The zero-order valence-electron chi connectivity index (χ0n) is 12.3. The topological polar surface area (TPSA) is 45.8 Å². The van der Waals surface area contributed by atoms with Crippen LogP contribution >= 0.6 is 24.0 Å². The van der Waals surface area contributed by atoms with E-state index in [-0.39, 0.29) is 22.0 Å². The summed E-state index contributed by atoms with van der Waals surface area (Å²) in [6.07, 6.45) is 2.17. The molecular formula is C15H20N2OS2. The van der Waals surface area contributed by atoms with Gasteiger partial charge in [-0.25, -0.2) is 4.98 Å².